The fraction of sp³-hybridized carbons (Fsp3) is 0.533. The van der Waals surface area contributed by atoms with Gasteiger partial charge in [-0.2, -0.15) is 0 Å². The number of methoxy groups -OCH3 is 1. The highest BCUT2D eigenvalue weighted by Crippen LogP contribution is 2.22. The monoisotopic (exact) mass is 279 g/mol. The lowest BCUT2D eigenvalue weighted by molar-refractivity contribution is -0.137. The van der Waals surface area contributed by atoms with Crippen molar-refractivity contribution in [3.05, 3.63) is 34.5 Å². The number of carbonyl (C=O) groups is 1. The van der Waals surface area contributed by atoms with Gasteiger partial charge < -0.3 is 9.64 Å². The highest BCUT2D eigenvalue weighted by atomic mass is 32.1. The van der Waals surface area contributed by atoms with Crippen LogP contribution in [0.25, 0.3) is 0 Å². The molecule has 0 bridgehead atoms. The highest BCUT2D eigenvalue weighted by molar-refractivity contribution is 7.09. The molecule has 0 spiro atoms. The Morgan fingerprint density at radius 1 is 1.53 bits per heavy atom. The van der Waals surface area contributed by atoms with E-state index in [1.807, 2.05) is 11.0 Å². The standard InChI is InChI=1S/C15H21NO2S/c1-18-10-9-16(12-14-8-5-11-19-14)15(17)13-6-3-2-4-7-13/h2-3,5,8,11,13H,4,6-7,9-10,12H2,1H3/t13-/m1/s1. The summed E-state index contributed by atoms with van der Waals surface area (Å²) in [5.41, 5.74) is 0. The Kier molecular flexibility index (Phi) is 5.61. The first-order valence-corrected chi connectivity index (χ1v) is 7.64. The van der Waals surface area contributed by atoms with Crippen molar-refractivity contribution in [3.8, 4) is 0 Å². The van der Waals surface area contributed by atoms with Gasteiger partial charge in [-0.05, 0) is 30.7 Å². The first kappa shape index (κ1) is 14.3. The fourth-order valence-corrected chi connectivity index (χ4v) is 3.05. The smallest absolute Gasteiger partial charge is 0.226 e. The minimum Gasteiger partial charge on any atom is -0.383 e. The molecule has 0 radical (unpaired) electrons. The van der Waals surface area contributed by atoms with E-state index in [0.29, 0.717) is 19.7 Å². The van der Waals surface area contributed by atoms with Crippen LogP contribution in [-0.2, 0) is 16.1 Å². The number of hydrogen-bond acceptors (Lipinski definition) is 3. The molecular formula is C15H21NO2S. The molecule has 1 heterocycles. The zero-order chi connectivity index (χ0) is 13.5. The quantitative estimate of drug-likeness (QED) is 0.749. The summed E-state index contributed by atoms with van der Waals surface area (Å²) in [6, 6.07) is 4.11. The molecule has 0 fully saturated rings. The minimum absolute atomic E-state index is 0.154. The van der Waals surface area contributed by atoms with Gasteiger partial charge in [0.2, 0.25) is 5.91 Å². The Morgan fingerprint density at radius 3 is 3.05 bits per heavy atom. The molecule has 2 rings (SSSR count). The van der Waals surface area contributed by atoms with Crippen LogP contribution in [0.4, 0.5) is 0 Å². The van der Waals surface area contributed by atoms with Gasteiger partial charge in [0.15, 0.2) is 0 Å². The number of thiophene rings is 1. The third-order valence-electron chi connectivity index (χ3n) is 3.42. The van der Waals surface area contributed by atoms with Gasteiger partial charge in [0, 0.05) is 24.4 Å². The van der Waals surface area contributed by atoms with E-state index in [4.69, 9.17) is 4.74 Å². The Labute approximate surface area is 118 Å². The number of nitrogens with zero attached hydrogens (tertiary/aromatic N) is 1. The van der Waals surface area contributed by atoms with E-state index < -0.39 is 0 Å². The van der Waals surface area contributed by atoms with Gasteiger partial charge in [0.25, 0.3) is 0 Å². The summed E-state index contributed by atoms with van der Waals surface area (Å²) in [7, 11) is 1.68. The SMILES string of the molecule is COCCN(Cc1cccs1)C(=O)[C@@H]1CC=CCC1. The number of hydrogen-bond donors (Lipinski definition) is 0. The second-order valence-corrected chi connectivity index (χ2v) is 5.85. The van der Waals surface area contributed by atoms with Crippen molar-refractivity contribution in [2.45, 2.75) is 25.8 Å². The zero-order valence-corrected chi connectivity index (χ0v) is 12.2. The first-order valence-electron chi connectivity index (χ1n) is 6.76. The minimum atomic E-state index is 0.154. The molecule has 4 heteroatoms. The van der Waals surface area contributed by atoms with Crippen molar-refractivity contribution in [3.63, 3.8) is 0 Å². The summed E-state index contributed by atoms with van der Waals surface area (Å²) in [6.07, 6.45) is 7.18. The Morgan fingerprint density at radius 2 is 2.42 bits per heavy atom. The number of carbonyl (C=O) groups excluding carboxylic acids is 1. The molecule has 1 atom stereocenters. The molecule has 19 heavy (non-hydrogen) atoms. The van der Waals surface area contributed by atoms with E-state index >= 15 is 0 Å². The van der Waals surface area contributed by atoms with Gasteiger partial charge in [0.1, 0.15) is 0 Å². The molecule has 1 aromatic heterocycles. The van der Waals surface area contributed by atoms with E-state index in [0.717, 1.165) is 19.3 Å². The lowest BCUT2D eigenvalue weighted by Crippen LogP contribution is -2.38. The summed E-state index contributed by atoms with van der Waals surface area (Å²) in [5.74, 6) is 0.427. The summed E-state index contributed by atoms with van der Waals surface area (Å²) in [5, 5.41) is 2.05. The summed E-state index contributed by atoms with van der Waals surface area (Å²) >= 11 is 1.70. The maximum absolute atomic E-state index is 12.6. The number of amides is 1. The number of allylic oxidation sites excluding steroid dienone is 2. The largest absolute Gasteiger partial charge is 0.383 e. The van der Waals surface area contributed by atoms with Crippen molar-refractivity contribution < 1.29 is 9.53 Å². The van der Waals surface area contributed by atoms with Crippen molar-refractivity contribution in [2.75, 3.05) is 20.3 Å². The van der Waals surface area contributed by atoms with E-state index in [2.05, 4.69) is 23.6 Å². The average molecular weight is 279 g/mol. The molecule has 0 aliphatic heterocycles. The normalized spacial score (nSPS) is 18.5. The van der Waals surface area contributed by atoms with Crippen LogP contribution < -0.4 is 0 Å². The number of rotatable bonds is 6. The van der Waals surface area contributed by atoms with Crippen LogP contribution in [0.2, 0.25) is 0 Å². The van der Waals surface area contributed by atoms with Crippen molar-refractivity contribution in [1.29, 1.82) is 0 Å². The van der Waals surface area contributed by atoms with Gasteiger partial charge in [-0.25, -0.2) is 0 Å². The molecule has 1 aliphatic rings. The predicted molar refractivity (Wildman–Crippen MR) is 78.1 cm³/mol. The maximum Gasteiger partial charge on any atom is 0.226 e. The van der Waals surface area contributed by atoms with E-state index in [1.54, 1.807) is 18.4 Å². The van der Waals surface area contributed by atoms with Crippen LogP contribution >= 0.6 is 11.3 Å². The Hall–Kier alpha value is -1.13. The third kappa shape index (κ3) is 4.18. The van der Waals surface area contributed by atoms with E-state index in [9.17, 15) is 4.79 Å². The second-order valence-electron chi connectivity index (χ2n) is 4.81. The van der Waals surface area contributed by atoms with Crippen molar-refractivity contribution in [1.82, 2.24) is 4.90 Å². The van der Waals surface area contributed by atoms with Crippen molar-refractivity contribution >= 4 is 17.2 Å². The van der Waals surface area contributed by atoms with Crippen LogP contribution in [0.5, 0.6) is 0 Å². The van der Waals surface area contributed by atoms with Crippen LogP contribution in [0.1, 0.15) is 24.1 Å². The van der Waals surface area contributed by atoms with E-state index in [-0.39, 0.29) is 11.8 Å². The first-order chi connectivity index (χ1) is 9.31. The third-order valence-corrected chi connectivity index (χ3v) is 4.28. The lowest BCUT2D eigenvalue weighted by Gasteiger charge is -2.27. The van der Waals surface area contributed by atoms with Gasteiger partial charge in [-0.1, -0.05) is 18.2 Å². The van der Waals surface area contributed by atoms with Crippen LogP contribution in [0, 0.1) is 5.92 Å². The maximum atomic E-state index is 12.6. The highest BCUT2D eigenvalue weighted by Gasteiger charge is 2.24. The lowest BCUT2D eigenvalue weighted by atomic mass is 9.93. The molecule has 1 amide bonds. The van der Waals surface area contributed by atoms with Crippen LogP contribution in [0.3, 0.4) is 0 Å². The second kappa shape index (κ2) is 7.46. The molecular weight excluding hydrogens is 258 g/mol. The zero-order valence-electron chi connectivity index (χ0n) is 11.4. The van der Waals surface area contributed by atoms with Gasteiger partial charge >= 0.3 is 0 Å². The van der Waals surface area contributed by atoms with Gasteiger partial charge in [-0.3, -0.25) is 4.79 Å². The molecule has 1 aromatic rings. The van der Waals surface area contributed by atoms with E-state index in [1.165, 1.54) is 4.88 Å². The molecule has 1 aliphatic carbocycles. The Bertz CT molecular complexity index is 414. The van der Waals surface area contributed by atoms with Gasteiger partial charge in [0.05, 0.1) is 13.2 Å². The molecule has 104 valence electrons. The topological polar surface area (TPSA) is 29.5 Å². The molecule has 0 saturated carbocycles. The van der Waals surface area contributed by atoms with Crippen LogP contribution in [-0.4, -0.2) is 31.1 Å². The Balaban J connectivity index is 1.99. The molecule has 3 nitrogen and oxygen atoms in total. The molecule has 0 unspecified atom stereocenters. The number of ether oxygens (including phenoxy) is 1. The fourth-order valence-electron chi connectivity index (χ4n) is 2.34. The summed E-state index contributed by atoms with van der Waals surface area (Å²) < 4.78 is 5.12. The molecule has 0 aromatic carbocycles. The van der Waals surface area contributed by atoms with Crippen LogP contribution in [0.15, 0.2) is 29.7 Å². The average Bonchev–Trinajstić information content (AvgIpc) is 2.96. The molecule has 0 saturated heterocycles. The summed E-state index contributed by atoms with van der Waals surface area (Å²) in [6.45, 7) is 1.98. The predicted octanol–water partition coefficient (Wildman–Crippen LogP) is 3.08. The summed E-state index contributed by atoms with van der Waals surface area (Å²) in [4.78, 5) is 15.7. The van der Waals surface area contributed by atoms with Crippen molar-refractivity contribution in [2.24, 2.45) is 5.92 Å². The van der Waals surface area contributed by atoms with Gasteiger partial charge in [-0.15, -0.1) is 11.3 Å². The molecule has 0 N–H and O–H groups in total.